The Bertz CT molecular complexity index is 2010. The highest BCUT2D eigenvalue weighted by Crippen LogP contribution is 2.55. The zero-order chi connectivity index (χ0) is 28.1. The van der Waals surface area contributed by atoms with Gasteiger partial charge in [-0.1, -0.05) is 84.4 Å². The molecule has 2 aliphatic carbocycles. The van der Waals surface area contributed by atoms with Crippen molar-refractivity contribution in [1.82, 2.24) is 0 Å². The molecule has 0 saturated carbocycles. The highest BCUT2D eigenvalue weighted by atomic mass is 79.9. The van der Waals surface area contributed by atoms with Crippen molar-refractivity contribution in [2.24, 2.45) is 0 Å². The smallest absolute Gasteiger partial charge is 0.134 e. The minimum Gasteiger partial charge on any atom is -0.459 e. The molecule has 5 aromatic carbocycles. The molecule has 6 aromatic rings. The third kappa shape index (κ3) is 3.42. The first kappa shape index (κ1) is 24.7. The van der Waals surface area contributed by atoms with Gasteiger partial charge in [0.15, 0.2) is 0 Å². The molecule has 1 heterocycles. The number of fused-ring (bicyclic) bond motifs is 8. The van der Waals surface area contributed by atoms with E-state index in [9.17, 15) is 0 Å². The fraction of sp³-hybridized carbons (Fsp3) is 0.158. The van der Waals surface area contributed by atoms with Crippen molar-refractivity contribution < 1.29 is 4.42 Å². The fourth-order valence-corrected chi connectivity index (χ4v) is 7.41. The van der Waals surface area contributed by atoms with Crippen LogP contribution in [-0.2, 0) is 10.8 Å². The van der Waals surface area contributed by atoms with E-state index < -0.39 is 0 Å². The largest absolute Gasteiger partial charge is 0.459 e. The van der Waals surface area contributed by atoms with Crippen molar-refractivity contribution in [2.75, 3.05) is 4.90 Å². The molecule has 1 aromatic heterocycles. The van der Waals surface area contributed by atoms with Crippen molar-refractivity contribution in [3.8, 4) is 22.3 Å². The summed E-state index contributed by atoms with van der Waals surface area (Å²) in [6.07, 6.45) is 0. The van der Waals surface area contributed by atoms with Gasteiger partial charge in [0.05, 0.1) is 0 Å². The molecule has 0 amide bonds. The van der Waals surface area contributed by atoms with Gasteiger partial charge in [0.2, 0.25) is 0 Å². The van der Waals surface area contributed by atoms with E-state index in [1.807, 2.05) is 6.07 Å². The van der Waals surface area contributed by atoms with Gasteiger partial charge in [-0.05, 0) is 102 Å². The summed E-state index contributed by atoms with van der Waals surface area (Å²) in [5, 5.41) is 1.19. The van der Waals surface area contributed by atoms with Crippen molar-refractivity contribution in [2.45, 2.75) is 38.5 Å². The van der Waals surface area contributed by atoms with Gasteiger partial charge in [-0.15, -0.1) is 0 Å². The van der Waals surface area contributed by atoms with Gasteiger partial charge >= 0.3 is 0 Å². The van der Waals surface area contributed by atoms with Crippen LogP contribution in [0.25, 0.3) is 33.2 Å². The van der Waals surface area contributed by atoms with Gasteiger partial charge < -0.3 is 9.32 Å². The second-order valence-electron chi connectivity index (χ2n) is 12.4. The molecule has 200 valence electrons. The van der Waals surface area contributed by atoms with E-state index in [0.717, 1.165) is 32.9 Å². The van der Waals surface area contributed by atoms with Crippen LogP contribution in [0.5, 0.6) is 0 Å². The third-order valence-electron chi connectivity index (χ3n) is 9.28. The maximum atomic E-state index is 6.48. The second kappa shape index (κ2) is 8.47. The summed E-state index contributed by atoms with van der Waals surface area (Å²) in [5.74, 6) is 1.05. The van der Waals surface area contributed by atoms with Gasteiger partial charge in [0.1, 0.15) is 11.3 Å². The molecule has 0 N–H and O–H groups in total. The number of hydrogen-bond acceptors (Lipinski definition) is 2. The van der Waals surface area contributed by atoms with Crippen LogP contribution in [0.2, 0.25) is 0 Å². The number of para-hydroxylation sites is 1. The van der Waals surface area contributed by atoms with Crippen LogP contribution in [0.1, 0.15) is 50.1 Å². The standard InChI is InChI=1S/C38H30BrNO/c1-37(2)31-11-7-5-9-27(31)28-19-17-25(21-32(28)37)40(24-15-13-23(39)14-16-24)26-18-20-29-33(22-26)38(3,4)36-35(29)30-10-6-8-12-34(30)41-36/h5-22H,1-4H3. The van der Waals surface area contributed by atoms with Crippen LogP contribution in [0.4, 0.5) is 17.1 Å². The Morgan fingerprint density at radius 3 is 1.90 bits per heavy atom. The maximum absolute atomic E-state index is 6.48. The van der Waals surface area contributed by atoms with E-state index in [1.165, 1.54) is 44.3 Å². The first-order valence-corrected chi connectivity index (χ1v) is 15.0. The lowest BCUT2D eigenvalue weighted by Gasteiger charge is -2.29. The molecule has 0 fully saturated rings. The Hall–Kier alpha value is -4.08. The van der Waals surface area contributed by atoms with Gasteiger partial charge in [-0.3, -0.25) is 0 Å². The van der Waals surface area contributed by atoms with Crippen molar-refractivity contribution in [1.29, 1.82) is 0 Å². The van der Waals surface area contributed by atoms with Crippen LogP contribution in [0.3, 0.4) is 0 Å². The Balaban J connectivity index is 1.32. The lowest BCUT2D eigenvalue weighted by Crippen LogP contribution is -2.17. The van der Waals surface area contributed by atoms with E-state index in [4.69, 9.17) is 4.42 Å². The average Bonchev–Trinajstić information content (AvgIpc) is 3.55. The molecule has 2 nitrogen and oxygen atoms in total. The predicted molar refractivity (Wildman–Crippen MR) is 174 cm³/mol. The third-order valence-corrected chi connectivity index (χ3v) is 9.81. The summed E-state index contributed by atoms with van der Waals surface area (Å²) in [7, 11) is 0. The SMILES string of the molecule is CC1(C)c2ccccc2-c2ccc(N(c3ccc(Br)cc3)c3ccc4c(c3)C(C)(C)c3oc5ccccc5c3-4)cc21. The van der Waals surface area contributed by atoms with Crippen LogP contribution >= 0.6 is 15.9 Å². The fourth-order valence-electron chi connectivity index (χ4n) is 7.15. The van der Waals surface area contributed by atoms with Crippen LogP contribution in [0.15, 0.2) is 118 Å². The van der Waals surface area contributed by atoms with Crippen LogP contribution in [-0.4, -0.2) is 0 Å². The molecule has 0 spiro atoms. The number of anilines is 3. The summed E-state index contributed by atoms with van der Waals surface area (Å²) >= 11 is 3.64. The number of halogens is 1. The second-order valence-corrected chi connectivity index (χ2v) is 13.3. The molecule has 0 unspecified atom stereocenters. The Morgan fingerprint density at radius 2 is 1.15 bits per heavy atom. The molecule has 8 rings (SSSR count). The quantitative estimate of drug-likeness (QED) is 0.202. The van der Waals surface area contributed by atoms with Crippen LogP contribution < -0.4 is 4.90 Å². The van der Waals surface area contributed by atoms with Gasteiger partial charge in [-0.25, -0.2) is 0 Å². The van der Waals surface area contributed by atoms with Gasteiger partial charge in [0, 0.05) is 43.3 Å². The van der Waals surface area contributed by atoms with Gasteiger partial charge in [-0.2, -0.15) is 0 Å². The average molecular weight is 597 g/mol. The lowest BCUT2D eigenvalue weighted by molar-refractivity contribution is 0.465. The number of furan rings is 1. The minimum absolute atomic E-state index is 0.0668. The van der Waals surface area contributed by atoms with Crippen molar-refractivity contribution in [3.05, 3.63) is 136 Å². The highest BCUT2D eigenvalue weighted by molar-refractivity contribution is 9.10. The molecule has 0 radical (unpaired) electrons. The zero-order valence-corrected chi connectivity index (χ0v) is 25.2. The van der Waals surface area contributed by atoms with Crippen LogP contribution in [0, 0.1) is 0 Å². The molecule has 41 heavy (non-hydrogen) atoms. The van der Waals surface area contributed by atoms with E-state index in [1.54, 1.807) is 0 Å². The molecule has 0 saturated heterocycles. The monoisotopic (exact) mass is 595 g/mol. The number of nitrogens with zero attached hydrogens (tertiary/aromatic N) is 1. The number of hydrogen-bond donors (Lipinski definition) is 0. The maximum Gasteiger partial charge on any atom is 0.134 e. The first-order chi connectivity index (χ1) is 19.7. The van der Waals surface area contributed by atoms with E-state index >= 15 is 0 Å². The molecule has 2 aliphatic rings. The molecule has 0 aliphatic heterocycles. The molecular formula is C38H30BrNO. The van der Waals surface area contributed by atoms with E-state index in [-0.39, 0.29) is 10.8 Å². The van der Waals surface area contributed by atoms with E-state index in [0.29, 0.717) is 0 Å². The predicted octanol–water partition coefficient (Wildman–Crippen LogP) is 11.3. The number of rotatable bonds is 3. The summed E-state index contributed by atoms with van der Waals surface area (Å²) in [6.45, 7) is 9.24. The summed E-state index contributed by atoms with van der Waals surface area (Å²) in [5.41, 5.74) is 13.3. The topological polar surface area (TPSA) is 16.4 Å². The lowest BCUT2D eigenvalue weighted by atomic mass is 9.82. The molecule has 0 bridgehead atoms. The van der Waals surface area contributed by atoms with Crippen molar-refractivity contribution >= 4 is 44.0 Å². The Labute approximate surface area is 249 Å². The summed E-state index contributed by atoms with van der Waals surface area (Å²) in [6, 6.07) is 39.7. The van der Waals surface area contributed by atoms with E-state index in [2.05, 4.69) is 152 Å². The molecule has 0 atom stereocenters. The van der Waals surface area contributed by atoms with Crippen molar-refractivity contribution in [3.63, 3.8) is 0 Å². The Kier molecular flexibility index (Phi) is 5.10. The number of benzene rings is 5. The molecular weight excluding hydrogens is 566 g/mol. The normalized spacial score (nSPS) is 15.3. The summed E-state index contributed by atoms with van der Waals surface area (Å²) in [4.78, 5) is 2.39. The highest BCUT2D eigenvalue weighted by Gasteiger charge is 2.41. The Morgan fingerprint density at radius 1 is 0.561 bits per heavy atom. The first-order valence-electron chi connectivity index (χ1n) is 14.2. The summed E-state index contributed by atoms with van der Waals surface area (Å²) < 4.78 is 7.54. The minimum atomic E-state index is -0.243. The molecule has 3 heteroatoms. The van der Waals surface area contributed by atoms with Gasteiger partial charge in [0.25, 0.3) is 0 Å². The zero-order valence-electron chi connectivity index (χ0n) is 23.6.